The molecule has 1 heterocycles. The first-order valence-electron chi connectivity index (χ1n) is 6.32. The largest absolute Gasteiger partial charge is 0.323 e. The zero-order chi connectivity index (χ0) is 17.1. The lowest BCUT2D eigenvalue weighted by Gasteiger charge is -2.24. The molecule has 2 N–H and O–H groups in total. The fraction of sp³-hybridized carbons (Fsp3) is 0.267. The average molecular weight is 298 g/mol. The SMILES string of the molecule is C#N.C#N.CC1CC(=O)N(C)N=C1c1ccc(C=NN)cc1. The lowest BCUT2D eigenvalue weighted by Crippen LogP contribution is -2.33. The summed E-state index contributed by atoms with van der Waals surface area (Å²) in [5, 5.41) is 22.2. The summed E-state index contributed by atoms with van der Waals surface area (Å²) in [7, 11) is 1.68. The van der Waals surface area contributed by atoms with Crippen molar-refractivity contribution in [1.29, 1.82) is 10.5 Å². The van der Waals surface area contributed by atoms with Gasteiger partial charge in [-0.1, -0.05) is 31.2 Å². The van der Waals surface area contributed by atoms with Gasteiger partial charge in [0.15, 0.2) is 0 Å². The lowest BCUT2D eigenvalue weighted by molar-refractivity contribution is -0.131. The Balaban J connectivity index is 0.00000102. The monoisotopic (exact) mass is 298 g/mol. The molecule has 0 saturated heterocycles. The molecule has 0 bridgehead atoms. The molecule has 0 aliphatic carbocycles. The molecular weight excluding hydrogens is 280 g/mol. The van der Waals surface area contributed by atoms with E-state index in [2.05, 4.69) is 23.3 Å². The van der Waals surface area contributed by atoms with Crippen LogP contribution in [-0.4, -0.2) is 29.9 Å². The fourth-order valence-electron chi connectivity index (χ4n) is 1.97. The van der Waals surface area contributed by atoms with Gasteiger partial charge in [-0.15, -0.1) is 0 Å². The summed E-state index contributed by atoms with van der Waals surface area (Å²) < 4.78 is 0. The third kappa shape index (κ3) is 4.73. The number of benzene rings is 1. The molecule has 1 amide bonds. The predicted molar refractivity (Wildman–Crippen MR) is 84.7 cm³/mol. The van der Waals surface area contributed by atoms with E-state index >= 15 is 0 Å². The highest BCUT2D eigenvalue weighted by molar-refractivity contribution is 6.05. The van der Waals surface area contributed by atoms with Crippen LogP contribution in [0, 0.1) is 29.6 Å². The molecule has 1 aromatic rings. The van der Waals surface area contributed by atoms with Crippen LogP contribution >= 0.6 is 0 Å². The Labute approximate surface area is 129 Å². The molecule has 0 radical (unpaired) electrons. The summed E-state index contributed by atoms with van der Waals surface area (Å²) in [6, 6.07) is 7.79. The molecule has 22 heavy (non-hydrogen) atoms. The van der Waals surface area contributed by atoms with Crippen molar-refractivity contribution < 1.29 is 4.79 Å². The zero-order valence-electron chi connectivity index (χ0n) is 12.5. The molecular formula is C15H18N6O. The van der Waals surface area contributed by atoms with Crippen LogP contribution < -0.4 is 5.84 Å². The molecule has 2 rings (SSSR count). The molecule has 7 heteroatoms. The number of nitrogens with two attached hydrogens (primary N) is 1. The number of hydrazone groups is 2. The van der Waals surface area contributed by atoms with Gasteiger partial charge in [0.1, 0.15) is 0 Å². The highest BCUT2D eigenvalue weighted by atomic mass is 16.2. The highest BCUT2D eigenvalue weighted by Gasteiger charge is 2.24. The van der Waals surface area contributed by atoms with Crippen molar-refractivity contribution in [2.75, 3.05) is 7.05 Å². The topological polar surface area (TPSA) is 119 Å². The van der Waals surface area contributed by atoms with Crippen LogP contribution in [0.25, 0.3) is 0 Å². The maximum absolute atomic E-state index is 11.5. The van der Waals surface area contributed by atoms with Gasteiger partial charge < -0.3 is 5.84 Å². The summed E-state index contributed by atoms with van der Waals surface area (Å²) in [6.07, 6.45) is 2.09. The van der Waals surface area contributed by atoms with Gasteiger partial charge in [-0.05, 0) is 11.1 Å². The molecule has 7 nitrogen and oxygen atoms in total. The minimum absolute atomic E-state index is 0.0538. The van der Waals surface area contributed by atoms with Crippen molar-refractivity contribution in [3.8, 4) is 13.1 Å². The number of hydrogen-bond acceptors (Lipinski definition) is 6. The average Bonchev–Trinajstić information content (AvgIpc) is 2.56. The first-order valence-corrected chi connectivity index (χ1v) is 6.32. The molecule has 0 saturated carbocycles. The van der Waals surface area contributed by atoms with Crippen LogP contribution in [0.5, 0.6) is 0 Å². The van der Waals surface area contributed by atoms with Crippen molar-refractivity contribution in [3.05, 3.63) is 35.4 Å². The van der Waals surface area contributed by atoms with E-state index in [4.69, 9.17) is 16.4 Å². The van der Waals surface area contributed by atoms with Crippen LogP contribution in [-0.2, 0) is 4.79 Å². The molecule has 1 atom stereocenters. The van der Waals surface area contributed by atoms with Crippen LogP contribution in [0.2, 0.25) is 0 Å². The van der Waals surface area contributed by atoms with E-state index < -0.39 is 0 Å². The first kappa shape index (κ1) is 18.8. The smallest absolute Gasteiger partial charge is 0.243 e. The summed E-state index contributed by atoms with van der Waals surface area (Å²) >= 11 is 0. The van der Waals surface area contributed by atoms with E-state index in [-0.39, 0.29) is 11.8 Å². The van der Waals surface area contributed by atoms with Crippen molar-refractivity contribution in [2.45, 2.75) is 13.3 Å². The Bertz CT molecular complexity index is 579. The van der Waals surface area contributed by atoms with Gasteiger partial charge in [-0.2, -0.15) is 10.2 Å². The number of nitrogens with zero attached hydrogens (tertiary/aromatic N) is 5. The Morgan fingerprint density at radius 2 is 1.86 bits per heavy atom. The number of hydrogen-bond donors (Lipinski definition) is 1. The molecule has 0 fully saturated rings. The Morgan fingerprint density at radius 3 is 2.36 bits per heavy atom. The van der Waals surface area contributed by atoms with Gasteiger partial charge in [0.25, 0.3) is 0 Å². The van der Waals surface area contributed by atoms with Gasteiger partial charge in [0.2, 0.25) is 5.91 Å². The van der Waals surface area contributed by atoms with E-state index in [1.165, 1.54) is 5.01 Å². The Morgan fingerprint density at radius 1 is 1.32 bits per heavy atom. The fourth-order valence-corrected chi connectivity index (χ4v) is 1.97. The second-order valence-corrected chi connectivity index (χ2v) is 4.41. The van der Waals surface area contributed by atoms with Crippen LogP contribution in [0.4, 0.5) is 0 Å². The Kier molecular flexibility index (Phi) is 8.27. The predicted octanol–water partition coefficient (Wildman–Crippen LogP) is 1.46. The van der Waals surface area contributed by atoms with Gasteiger partial charge in [-0.25, -0.2) is 15.5 Å². The van der Waals surface area contributed by atoms with Crippen molar-refractivity contribution in [3.63, 3.8) is 0 Å². The van der Waals surface area contributed by atoms with Gasteiger partial charge in [0.05, 0.1) is 11.9 Å². The number of amides is 1. The van der Waals surface area contributed by atoms with Gasteiger partial charge in [0, 0.05) is 32.5 Å². The van der Waals surface area contributed by atoms with Gasteiger partial charge in [-0.3, -0.25) is 4.79 Å². The Hall–Kier alpha value is -3.19. The maximum atomic E-state index is 11.5. The number of carbonyl (C=O) groups excluding carboxylic acids is 1. The normalized spacial score (nSPS) is 16.8. The molecule has 0 spiro atoms. The second kappa shape index (κ2) is 9.67. The second-order valence-electron chi connectivity index (χ2n) is 4.41. The molecule has 1 aliphatic rings. The minimum Gasteiger partial charge on any atom is -0.323 e. The summed E-state index contributed by atoms with van der Waals surface area (Å²) in [5.74, 6) is 5.29. The van der Waals surface area contributed by atoms with Crippen LogP contribution in [0.3, 0.4) is 0 Å². The molecule has 114 valence electrons. The van der Waals surface area contributed by atoms with E-state index in [0.717, 1.165) is 16.8 Å². The lowest BCUT2D eigenvalue weighted by atomic mass is 9.93. The number of rotatable bonds is 2. The third-order valence-corrected chi connectivity index (χ3v) is 3.00. The van der Waals surface area contributed by atoms with Gasteiger partial charge >= 0.3 is 0 Å². The summed E-state index contributed by atoms with van der Waals surface area (Å²) in [6.45, 7) is 9.01. The number of nitriles is 2. The molecule has 1 aliphatic heterocycles. The number of carbonyl (C=O) groups is 1. The van der Waals surface area contributed by atoms with E-state index in [9.17, 15) is 4.79 Å². The van der Waals surface area contributed by atoms with Crippen LogP contribution in [0.1, 0.15) is 24.5 Å². The van der Waals surface area contributed by atoms with Crippen molar-refractivity contribution in [1.82, 2.24) is 5.01 Å². The first-order chi connectivity index (χ1) is 10.6. The van der Waals surface area contributed by atoms with E-state index in [1.54, 1.807) is 13.3 Å². The third-order valence-electron chi connectivity index (χ3n) is 3.00. The summed E-state index contributed by atoms with van der Waals surface area (Å²) in [4.78, 5) is 11.5. The maximum Gasteiger partial charge on any atom is 0.243 e. The highest BCUT2D eigenvalue weighted by Crippen LogP contribution is 2.19. The zero-order valence-corrected chi connectivity index (χ0v) is 12.5. The van der Waals surface area contributed by atoms with E-state index in [1.807, 2.05) is 31.2 Å². The van der Waals surface area contributed by atoms with Crippen molar-refractivity contribution >= 4 is 17.8 Å². The summed E-state index contributed by atoms with van der Waals surface area (Å²) in [5.41, 5.74) is 2.90. The van der Waals surface area contributed by atoms with Crippen LogP contribution in [0.15, 0.2) is 34.5 Å². The minimum atomic E-state index is 0.0538. The molecule has 1 aromatic carbocycles. The standard InChI is InChI=1S/C13H16N4O.2CHN/c1-9-7-12(18)17(2)16-13(9)11-5-3-10(4-6-11)8-15-14;2*1-2/h3-6,8-9H,7,14H2,1-2H3;2*1H. The van der Waals surface area contributed by atoms with E-state index in [0.29, 0.717) is 6.42 Å². The molecule has 1 unspecified atom stereocenters. The quantitative estimate of drug-likeness (QED) is 0.505. The van der Waals surface area contributed by atoms with Crippen molar-refractivity contribution in [2.24, 2.45) is 22.0 Å². The molecule has 0 aromatic heterocycles.